The molecule has 0 unspecified atom stereocenters. The molecule has 0 bridgehead atoms. The number of amidine groups is 2. The number of hydrogen-bond acceptors (Lipinski definition) is 2. The molecule has 7 aromatic carbocycles. The standard InChI is InChI=1S/C43H31N3O/c44-42(46-43(45-28-29-12-3-1-4-13-29)36-20-11-17-32-16-7-8-18-34(32)36)41-35(26-27-39-40(41)37-19-9-10-21-38(37)47-39)33-24-22-31(23-25-33)30-14-5-2-6-15-30/h1-27H,28H2,(H2,44,45,46). The van der Waals surface area contributed by atoms with Crippen LogP contribution in [0.4, 0.5) is 0 Å². The van der Waals surface area contributed by atoms with Crippen molar-refractivity contribution in [3.8, 4) is 22.3 Å². The van der Waals surface area contributed by atoms with Crippen LogP contribution in [0.25, 0.3) is 55.0 Å². The first-order valence-electron chi connectivity index (χ1n) is 15.7. The highest BCUT2D eigenvalue weighted by atomic mass is 16.3. The van der Waals surface area contributed by atoms with Crippen LogP contribution in [-0.2, 0) is 6.54 Å². The van der Waals surface area contributed by atoms with Crippen molar-refractivity contribution >= 4 is 44.4 Å². The molecule has 4 nitrogen and oxygen atoms in total. The third kappa shape index (κ3) is 5.47. The maximum Gasteiger partial charge on any atom is 0.157 e. The van der Waals surface area contributed by atoms with Crippen LogP contribution in [0.15, 0.2) is 178 Å². The number of benzene rings is 7. The van der Waals surface area contributed by atoms with E-state index in [0.29, 0.717) is 18.2 Å². The predicted molar refractivity (Wildman–Crippen MR) is 196 cm³/mol. The molecule has 2 N–H and O–H groups in total. The van der Waals surface area contributed by atoms with E-state index in [0.717, 1.165) is 66.1 Å². The van der Waals surface area contributed by atoms with Gasteiger partial charge in [-0.15, -0.1) is 0 Å². The maximum atomic E-state index is 7.15. The summed E-state index contributed by atoms with van der Waals surface area (Å²) in [5, 5.41) is 4.12. The Balaban J connectivity index is 1.34. The highest BCUT2D eigenvalue weighted by molar-refractivity contribution is 6.24. The number of aliphatic imine (C=N–C) groups is 2. The number of nitrogens with two attached hydrogens (primary N) is 1. The molecule has 1 heterocycles. The summed E-state index contributed by atoms with van der Waals surface area (Å²) in [6, 6.07) is 56.0. The van der Waals surface area contributed by atoms with Crippen molar-refractivity contribution in [1.82, 2.24) is 0 Å². The first-order valence-corrected chi connectivity index (χ1v) is 15.7. The Morgan fingerprint density at radius 3 is 1.98 bits per heavy atom. The van der Waals surface area contributed by atoms with Gasteiger partial charge in [-0.2, -0.15) is 0 Å². The molecule has 0 aliphatic carbocycles. The molecule has 0 saturated carbocycles. The molecule has 0 radical (unpaired) electrons. The van der Waals surface area contributed by atoms with Crippen molar-refractivity contribution in [3.63, 3.8) is 0 Å². The first-order chi connectivity index (χ1) is 23.2. The maximum absolute atomic E-state index is 7.15. The monoisotopic (exact) mass is 605 g/mol. The summed E-state index contributed by atoms with van der Waals surface area (Å²) in [5.74, 6) is 0.961. The van der Waals surface area contributed by atoms with E-state index in [1.807, 2.05) is 66.7 Å². The molecule has 1 aromatic heterocycles. The van der Waals surface area contributed by atoms with Crippen LogP contribution in [0, 0.1) is 0 Å². The van der Waals surface area contributed by atoms with Crippen LogP contribution in [0.5, 0.6) is 0 Å². The molecular formula is C43H31N3O. The molecule has 4 heteroatoms. The average molecular weight is 606 g/mol. The second-order valence-electron chi connectivity index (χ2n) is 11.6. The van der Waals surface area contributed by atoms with Crippen molar-refractivity contribution in [3.05, 3.63) is 180 Å². The zero-order chi connectivity index (χ0) is 31.6. The summed E-state index contributed by atoms with van der Waals surface area (Å²) in [4.78, 5) is 10.3. The average Bonchev–Trinajstić information content (AvgIpc) is 3.52. The van der Waals surface area contributed by atoms with E-state index in [9.17, 15) is 0 Å². The number of nitrogens with zero attached hydrogens (tertiary/aromatic N) is 2. The second kappa shape index (κ2) is 12.3. The fraction of sp³-hybridized carbons (Fsp3) is 0.0233. The zero-order valence-electron chi connectivity index (χ0n) is 25.7. The molecule has 0 atom stereocenters. The van der Waals surface area contributed by atoms with Crippen molar-refractivity contribution in [1.29, 1.82) is 0 Å². The van der Waals surface area contributed by atoms with Gasteiger partial charge in [0.2, 0.25) is 0 Å². The lowest BCUT2D eigenvalue weighted by molar-refractivity contribution is 0.669. The van der Waals surface area contributed by atoms with E-state index in [4.69, 9.17) is 20.1 Å². The van der Waals surface area contributed by atoms with E-state index < -0.39 is 0 Å². The lowest BCUT2D eigenvalue weighted by Gasteiger charge is -2.14. The molecule has 8 rings (SSSR count). The van der Waals surface area contributed by atoms with Crippen LogP contribution in [0.3, 0.4) is 0 Å². The molecule has 0 amide bonds. The molecular weight excluding hydrogens is 574 g/mol. The van der Waals surface area contributed by atoms with Gasteiger partial charge >= 0.3 is 0 Å². The Morgan fingerprint density at radius 1 is 0.532 bits per heavy atom. The van der Waals surface area contributed by atoms with Crippen molar-refractivity contribution < 1.29 is 4.42 Å². The lowest BCUT2D eigenvalue weighted by Crippen LogP contribution is -2.18. The van der Waals surface area contributed by atoms with Gasteiger partial charge in [0.15, 0.2) is 5.84 Å². The van der Waals surface area contributed by atoms with Gasteiger partial charge < -0.3 is 10.2 Å². The van der Waals surface area contributed by atoms with E-state index in [-0.39, 0.29) is 0 Å². The molecule has 0 spiro atoms. The Kier molecular flexibility index (Phi) is 7.37. The van der Waals surface area contributed by atoms with Gasteiger partial charge in [-0.1, -0.05) is 146 Å². The molecule has 8 aromatic rings. The van der Waals surface area contributed by atoms with Crippen LogP contribution < -0.4 is 5.73 Å². The minimum Gasteiger partial charge on any atom is -0.456 e. The normalized spacial score (nSPS) is 12.3. The van der Waals surface area contributed by atoms with Crippen molar-refractivity contribution in [2.75, 3.05) is 0 Å². The third-order valence-corrected chi connectivity index (χ3v) is 8.61. The summed E-state index contributed by atoms with van der Waals surface area (Å²) >= 11 is 0. The Morgan fingerprint density at radius 2 is 1.17 bits per heavy atom. The van der Waals surface area contributed by atoms with Gasteiger partial charge in [-0.25, -0.2) is 4.99 Å². The van der Waals surface area contributed by atoms with E-state index in [1.165, 1.54) is 5.56 Å². The third-order valence-electron chi connectivity index (χ3n) is 8.61. The molecule has 0 saturated heterocycles. The van der Waals surface area contributed by atoms with Gasteiger partial charge in [0.25, 0.3) is 0 Å². The van der Waals surface area contributed by atoms with E-state index in [1.54, 1.807) is 0 Å². The number of fused-ring (bicyclic) bond motifs is 4. The van der Waals surface area contributed by atoms with Gasteiger partial charge in [0.05, 0.1) is 6.54 Å². The number of hydrogen-bond donors (Lipinski definition) is 1. The smallest absolute Gasteiger partial charge is 0.157 e. The molecule has 0 fully saturated rings. The summed E-state index contributed by atoms with van der Waals surface area (Å²) in [6.45, 7) is 0.475. The van der Waals surface area contributed by atoms with Crippen molar-refractivity contribution in [2.24, 2.45) is 15.7 Å². The van der Waals surface area contributed by atoms with E-state index >= 15 is 0 Å². The number of furan rings is 1. The lowest BCUT2D eigenvalue weighted by atomic mass is 9.93. The SMILES string of the molecule is N/C(=N\C(=N/Cc1ccccc1)c1cccc2ccccc12)c1c(-c2ccc(-c3ccccc3)cc2)ccc2oc3ccccc3c12. The van der Waals surface area contributed by atoms with Crippen molar-refractivity contribution in [2.45, 2.75) is 6.54 Å². The number of para-hydroxylation sites is 1. The Bertz CT molecular complexity index is 2420. The van der Waals surface area contributed by atoms with Gasteiger partial charge in [-0.3, -0.25) is 4.99 Å². The van der Waals surface area contributed by atoms with Gasteiger partial charge in [0, 0.05) is 21.9 Å². The largest absolute Gasteiger partial charge is 0.456 e. The fourth-order valence-electron chi connectivity index (χ4n) is 6.32. The second-order valence-corrected chi connectivity index (χ2v) is 11.6. The number of rotatable bonds is 6. The van der Waals surface area contributed by atoms with Crippen LogP contribution in [0.1, 0.15) is 16.7 Å². The highest BCUT2D eigenvalue weighted by Gasteiger charge is 2.20. The van der Waals surface area contributed by atoms with Gasteiger partial charge in [-0.05, 0) is 56.8 Å². The molecule has 0 aliphatic heterocycles. The topological polar surface area (TPSA) is 63.9 Å². The molecule has 0 aliphatic rings. The quantitative estimate of drug-likeness (QED) is 0.151. The minimum absolute atomic E-state index is 0.379. The summed E-state index contributed by atoms with van der Waals surface area (Å²) in [6.07, 6.45) is 0. The van der Waals surface area contributed by atoms with Gasteiger partial charge in [0.1, 0.15) is 17.0 Å². The molecule has 47 heavy (non-hydrogen) atoms. The minimum atomic E-state index is 0.379. The highest BCUT2D eigenvalue weighted by Crippen LogP contribution is 2.37. The summed E-state index contributed by atoms with van der Waals surface area (Å²) < 4.78 is 6.32. The van der Waals surface area contributed by atoms with Crippen LogP contribution >= 0.6 is 0 Å². The van der Waals surface area contributed by atoms with Crippen LogP contribution in [-0.4, -0.2) is 11.7 Å². The molecule has 224 valence electrons. The zero-order valence-corrected chi connectivity index (χ0v) is 25.7. The Hall–Kier alpha value is -6.26. The van der Waals surface area contributed by atoms with Crippen LogP contribution in [0.2, 0.25) is 0 Å². The first kappa shape index (κ1) is 28.2. The van der Waals surface area contributed by atoms with E-state index in [2.05, 4.69) is 97.1 Å². The summed E-state index contributed by atoms with van der Waals surface area (Å²) in [5.41, 5.74) is 15.9. The Labute approximate surface area is 273 Å². The summed E-state index contributed by atoms with van der Waals surface area (Å²) in [7, 11) is 0. The predicted octanol–water partition coefficient (Wildman–Crippen LogP) is 10.4. The fourth-order valence-corrected chi connectivity index (χ4v) is 6.32.